The summed E-state index contributed by atoms with van der Waals surface area (Å²) in [5.41, 5.74) is 5.00. The number of anilines is 1. The van der Waals surface area contributed by atoms with Gasteiger partial charge in [-0.15, -0.1) is 0 Å². The number of aromatic nitrogens is 1. The predicted molar refractivity (Wildman–Crippen MR) is 144 cm³/mol. The number of rotatable bonds is 10. The quantitative estimate of drug-likeness (QED) is 0.250. The van der Waals surface area contributed by atoms with Crippen molar-refractivity contribution in [3.8, 4) is 11.3 Å². The maximum Gasteiger partial charge on any atom is 0.326 e. The Balaban J connectivity index is 1.41. The first-order valence-electron chi connectivity index (χ1n) is 12.4. The van der Waals surface area contributed by atoms with Crippen LogP contribution in [0.2, 0.25) is 0 Å². The molecule has 0 radical (unpaired) electrons. The van der Waals surface area contributed by atoms with Crippen molar-refractivity contribution in [1.29, 1.82) is 0 Å². The van der Waals surface area contributed by atoms with Gasteiger partial charge >= 0.3 is 5.97 Å². The lowest BCUT2D eigenvalue weighted by molar-refractivity contribution is -0.139. The van der Waals surface area contributed by atoms with Crippen LogP contribution in [0.15, 0.2) is 71.5 Å². The van der Waals surface area contributed by atoms with Crippen molar-refractivity contribution in [2.24, 2.45) is 0 Å². The maximum atomic E-state index is 13.8. The molecule has 3 N–H and O–H groups in total. The molecule has 0 spiro atoms. The van der Waals surface area contributed by atoms with Crippen molar-refractivity contribution in [3.63, 3.8) is 0 Å². The number of carboxylic acids is 1. The van der Waals surface area contributed by atoms with Crippen molar-refractivity contribution < 1.29 is 23.5 Å². The monoisotopic (exact) mass is 515 g/mol. The highest BCUT2D eigenvalue weighted by atomic mass is 19.1. The lowest BCUT2D eigenvalue weighted by Crippen LogP contribution is -2.42. The lowest BCUT2D eigenvalue weighted by Gasteiger charge is -2.17. The Bertz CT molecular complexity index is 1450. The SMILES string of the molecule is CCc1cc(F)cc(C)c1C(=O)NC(Cc1ccc(-c2cc(CNc3cc(C)ccn3)co2)cc1)C(=O)O. The highest BCUT2D eigenvalue weighted by Gasteiger charge is 2.24. The standard InChI is InChI=1S/C30H30FN3O4/c1-4-22-15-24(31)12-19(3)28(22)29(35)34-25(30(36)37)13-20-5-7-23(8-6-20)26-14-21(17-38-26)16-33-27-11-18(2)9-10-32-27/h5-12,14-15,17,25H,4,13,16H2,1-3H3,(H,32,33)(H,34,35)(H,36,37). The van der Waals surface area contributed by atoms with Crippen LogP contribution >= 0.6 is 0 Å². The zero-order chi connectivity index (χ0) is 27.2. The molecule has 0 bridgehead atoms. The van der Waals surface area contributed by atoms with E-state index in [0.717, 1.165) is 28.1 Å². The van der Waals surface area contributed by atoms with Crippen LogP contribution in [0.25, 0.3) is 11.3 Å². The van der Waals surface area contributed by atoms with Gasteiger partial charge in [0.25, 0.3) is 5.91 Å². The van der Waals surface area contributed by atoms with E-state index in [4.69, 9.17) is 4.42 Å². The number of pyridine rings is 1. The third-order valence-corrected chi connectivity index (χ3v) is 6.31. The molecule has 2 aromatic heterocycles. The average Bonchev–Trinajstić information content (AvgIpc) is 3.36. The molecule has 2 aromatic carbocycles. The number of furan rings is 1. The van der Waals surface area contributed by atoms with Gasteiger partial charge in [-0.05, 0) is 72.9 Å². The summed E-state index contributed by atoms with van der Waals surface area (Å²) >= 11 is 0. The van der Waals surface area contributed by atoms with Gasteiger partial charge in [0.1, 0.15) is 23.4 Å². The van der Waals surface area contributed by atoms with E-state index in [1.54, 1.807) is 19.4 Å². The minimum absolute atomic E-state index is 0.0971. The van der Waals surface area contributed by atoms with Crippen LogP contribution < -0.4 is 10.6 Å². The maximum absolute atomic E-state index is 13.8. The number of nitrogens with one attached hydrogen (secondary N) is 2. The van der Waals surface area contributed by atoms with E-state index in [1.165, 1.54) is 12.1 Å². The smallest absolute Gasteiger partial charge is 0.326 e. The van der Waals surface area contributed by atoms with Gasteiger partial charge in [-0.3, -0.25) is 4.79 Å². The number of aryl methyl sites for hydroxylation is 3. The molecular weight excluding hydrogens is 485 g/mol. The fourth-order valence-electron chi connectivity index (χ4n) is 4.33. The molecule has 4 rings (SSSR count). The van der Waals surface area contributed by atoms with E-state index in [0.29, 0.717) is 35.4 Å². The van der Waals surface area contributed by atoms with Crippen LogP contribution in [-0.4, -0.2) is 28.0 Å². The summed E-state index contributed by atoms with van der Waals surface area (Å²) in [6, 6.07) is 14.6. The summed E-state index contributed by atoms with van der Waals surface area (Å²) < 4.78 is 19.5. The Kier molecular flexibility index (Phi) is 8.21. The number of aliphatic carboxylic acids is 1. The van der Waals surface area contributed by atoms with Crippen molar-refractivity contribution >= 4 is 17.7 Å². The van der Waals surface area contributed by atoms with Crippen molar-refractivity contribution in [1.82, 2.24) is 10.3 Å². The third kappa shape index (κ3) is 6.45. The number of benzene rings is 2. The molecular formula is C30H30FN3O4. The summed E-state index contributed by atoms with van der Waals surface area (Å²) in [5.74, 6) is -0.619. The predicted octanol–water partition coefficient (Wildman–Crippen LogP) is 5.70. The number of carbonyl (C=O) groups is 2. The fraction of sp³-hybridized carbons (Fsp3) is 0.233. The van der Waals surface area contributed by atoms with Crippen LogP contribution in [0.3, 0.4) is 0 Å². The van der Waals surface area contributed by atoms with Gasteiger partial charge in [0.05, 0.1) is 6.26 Å². The lowest BCUT2D eigenvalue weighted by atomic mass is 9.98. The van der Waals surface area contributed by atoms with Crippen LogP contribution in [0.4, 0.5) is 10.2 Å². The molecule has 38 heavy (non-hydrogen) atoms. The number of amides is 1. The second kappa shape index (κ2) is 11.7. The molecule has 0 aliphatic heterocycles. The largest absolute Gasteiger partial charge is 0.480 e. The molecule has 0 aliphatic rings. The molecule has 196 valence electrons. The van der Waals surface area contributed by atoms with E-state index in [1.807, 2.05) is 56.3 Å². The molecule has 4 aromatic rings. The van der Waals surface area contributed by atoms with Crippen LogP contribution in [0.5, 0.6) is 0 Å². The normalized spacial score (nSPS) is 11.7. The van der Waals surface area contributed by atoms with Crippen LogP contribution in [0.1, 0.15) is 45.1 Å². The highest BCUT2D eigenvalue weighted by molar-refractivity contribution is 5.99. The number of carboxylic acid groups (broad SMARTS) is 1. The summed E-state index contributed by atoms with van der Waals surface area (Å²) in [6.45, 7) is 6.03. The second-order valence-corrected chi connectivity index (χ2v) is 9.27. The van der Waals surface area contributed by atoms with E-state index >= 15 is 0 Å². The van der Waals surface area contributed by atoms with E-state index < -0.39 is 23.7 Å². The minimum Gasteiger partial charge on any atom is -0.480 e. The van der Waals surface area contributed by atoms with Gasteiger partial charge < -0.3 is 20.2 Å². The number of halogens is 1. The van der Waals surface area contributed by atoms with Crippen molar-refractivity contribution in [3.05, 3.63) is 106 Å². The van der Waals surface area contributed by atoms with E-state index in [2.05, 4.69) is 15.6 Å². The Morgan fingerprint density at radius 2 is 1.82 bits per heavy atom. The topological polar surface area (TPSA) is 104 Å². The first-order valence-corrected chi connectivity index (χ1v) is 12.4. The van der Waals surface area contributed by atoms with Gasteiger partial charge in [-0.2, -0.15) is 0 Å². The first-order chi connectivity index (χ1) is 18.2. The van der Waals surface area contributed by atoms with Gasteiger partial charge in [0.15, 0.2) is 0 Å². The molecule has 7 nitrogen and oxygen atoms in total. The molecule has 0 aliphatic carbocycles. The van der Waals surface area contributed by atoms with Gasteiger partial charge in [-0.1, -0.05) is 31.2 Å². The Hall–Kier alpha value is -4.46. The molecule has 0 saturated heterocycles. The molecule has 1 unspecified atom stereocenters. The summed E-state index contributed by atoms with van der Waals surface area (Å²) in [4.78, 5) is 29.2. The number of carbonyl (C=O) groups excluding carboxylic acids is 1. The van der Waals surface area contributed by atoms with Gasteiger partial charge in [-0.25, -0.2) is 14.2 Å². The Morgan fingerprint density at radius 1 is 1.05 bits per heavy atom. The summed E-state index contributed by atoms with van der Waals surface area (Å²) in [6.07, 6.45) is 3.99. The summed E-state index contributed by atoms with van der Waals surface area (Å²) in [7, 11) is 0. The highest BCUT2D eigenvalue weighted by Crippen LogP contribution is 2.24. The first kappa shape index (κ1) is 26.6. The van der Waals surface area contributed by atoms with Crippen LogP contribution in [-0.2, 0) is 24.2 Å². The number of hydrogen-bond acceptors (Lipinski definition) is 5. The molecule has 2 heterocycles. The van der Waals surface area contributed by atoms with Crippen molar-refractivity contribution in [2.45, 2.75) is 46.2 Å². The Labute approximate surface area is 220 Å². The molecule has 1 amide bonds. The zero-order valence-corrected chi connectivity index (χ0v) is 21.5. The van der Waals surface area contributed by atoms with Gasteiger partial charge in [0, 0.05) is 35.9 Å². The minimum atomic E-state index is -1.15. The number of hydrogen-bond donors (Lipinski definition) is 3. The molecule has 8 heteroatoms. The van der Waals surface area contributed by atoms with E-state index in [9.17, 15) is 19.1 Å². The van der Waals surface area contributed by atoms with Crippen molar-refractivity contribution in [2.75, 3.05) is 5.32 Å². The van der Waals surface area contributed by atoms with Crippen LogP contribution in [0, 0.1) is 19.7 Å². The zero-order valence-electron chi connectivity index (χ0n) is 21.5. The number of nitrogens with zero attached hydrogens (tertiary/aromatic N) is 1. The molecule has 1 atom stereocenters. The average molecular weight is 516 g/mol. The van der Waals surface area contributed by atoms with E-state index in [-0.39, 0.29) is 6.42 Å². The Morgan fingerprint density at radius 3 is 2.50 bits per heavy atom. The fourth-order valence-corrected chi connectivity index (χ4v) is 4.33. The third-order valence-electron chi connectivity index (χ3n) is 6.31. The summed E-state index contributed by atoms with van der Waals surface area (Å²) in [5, 5.41) is 15.6. The molecule has 0 saturated carbocycles. The van der Waals surface area contributed by atoms with Gasteiger partial charge in [0.2, 0.25) is 0 Å². The molecule has 0 fully saturated rings. The second-order valence-electron chi connectivity index (χ2n) is 9.27.